The number of hydrogen-bond acceptors (Lipinski definition) is 2. The normalized spacial score (nSPS) is 18.3. The molecule has 0 fully saturated rings. The van der Waals surface area contributed by atoms with Crippen molar-refractivity contribution >= 4 is 23.0 Å². The fourth-order valence-corrected chi connectivity index (χ4v) is 1.62. The molecule has 3 heteroatoms. The summed E-state index contributed by atoms with van der Waals surface area (Å²) in [4.78, 5) is 8.75. The summed E-state index contributed by atoms with van der Waals surface area (Å²) < 4.78 is 0. The number of fused-ring (bicyclic) bond motifs is 1. The predicted octanol–water partition coefficient (Wildman–Crippen LogP) is 3.12. The molecule has 0 spiro atoms. The second-order valence-electron chi connectivity index (χ2n) is 3.82. The Kier molecular flexibility index (Phi) is 1.70. The van der Waals surface area contributed by atoms with Gasteiger partial charge >= 0.3 is 0 Å². The molecule has 2 rings (SSSR count). The molecular weight excluding hydrogens is 184 g/mol. The van der Waals surface area contributed by atoms with Gasteiger partial charge in [0.15, 0.2) is 0 Å². The first-order valence-corrected chi connectivity index (χ1v) is 4.62. The van der Waals surface area contributed by atoms with Crippen LogP contribution in [0.15, 0.2) is 17.1 Å². The molecule has 13 heavy (non-hydrogen) atoms. The third-order valence-electron chi connectivity index (χ3n) is 2.62. The third kappa shape index (κ3) is 1.17. The van der Waals surface area contributed by atoms with Gasteiger partial charge in [-0.15, -0.1) is 0 Å². The van der Waals surface area contributed by atoms with E-state index < -0.39 is 0 Å². The monoisotopic (exact) mass is 194 g/mol. The van der Waals surface area contributed by atoms with Gasteiger partial charge in [-0.3, -0.25) is 4.99 Å². The van der Waals surface area contributed by atoms with Crippen molar-refractivity contribution in [2.24, 2.45) is 4.99 Å². The highest BCUT2D eigenvalue weighted by Gasteiger charge is 2.33. The lowest BCUT2D eigenvalue weighted by molar-refractivity contribution is 0.704. The molecule has 0 aliphatic carbocycles. The van der Waals surface area contributed by atoms with Crippen molar-refractivity contribution in [1.29, 1.82) is 0 Å². The number of aliphatic imine (C=N–C) groups is 1. The summed E-state index contributed by atoms with van der Waals surface area (Å²) in [6, 6.07) is 3.70. The topological polar surface area (TPSA) is 25.2 Å². The quantitative estimate of drug-likeness (QED) is 0.583. The van der Waals surface area contributed by atoms with Gasteiger partial charge in [0, 0.05) is 11.1 Å². The van der Waals surface area contributed by atoms with E-state index in [0.29, 0.717) is 5.15 Å². The van der Waals surface area contributed by atoms with Crippen LogP contribution in [0.4, 0.5) is 5.69 Å². The van der Waals surface area contributed by atoms with E-state index in [1.165, 1.54) is 0 Å². The van der Waals surface area contributed by atoms with Crippen LogP contribution in [0.3, 0.4) is 0 Å². The van der Waals surface area contributed by atoms with Crippen LogP contribution >= 0.6 is 11.6 Å². The molecular formula is C10H11ClN2. The zero-order chi connectivity index (χ0) is 9.64. The highest BCUT2D eigenvalue weighted by atomic mass is 35.5. The first kappa shape index (κ1) is 8.70. The van der Waals surface area contributed by atoms with E-state index in [4.69, 9.17) is 11.6 Å². The Morgan fingerprint density at radius 3 is 2.69 bits per heavy atom. The van der Waals surface area contributed by atoms with Crippen LogP contribution in [-0.2, 0) is 5.41 Å². The highest BCUT2D eigenvalue weighted by molar-refractivity contribution is 6.29. The molecule has 0 amide bonds. The standard InChI is InChI=1S/C10H11ClN2/c1-6-10(2,3)9-7(12-6)4-5-8(11)13-9/h4-5H,1-3H3. The van der Waals surface area contributed by atoms with Gasteiger partial charge in [0.2, 0.25) is 0 Å². The Hall–Kier alpha value is -0.890. The fourth-order valence-electron chi connectivity index (χ4n) is 1.47. The second kappa shape index (κ2) is 2.55. The number of nitrogens with zero attached hydrogens (tertiary/aromatic N) is 2. The maximum atomic E-state index is 5.84. The van der Waals surface area contributed by atoms with Crippen LogP contribution in [0.2, 0.25) is 5.15 Å². The van der Waals surface area contributed by atoms with Crippen LogP contribution in [0, 0.1) is 0 Å². The van der Waals surface area contributed by atoms with E-state index in [1.54, 1.807) is 6.07 Å². The number of hydrogen-bond donors (Lipinski definition) is 0. The Labute approximate surface area is 82.7 Å². The molecule has 0 aromatic carbocycles. The molecule has 0 radical (unpaired) electrons. The summed E-state index contributed by atoms with van der Waals surface area (Å²) >= 11 is 5.84. The van der Waals surface area contributed by atoms with Crippen molar-refractivity contribution in [3.8, 4) is 0 Å². The zero-order valence-corrected chi connectivity index (χ0v) is 8.68. The summed E-state index contributed by atoms with van der Waals surface area (Å²) in [5, 5.41) is 0.539. The highest BCUT2D eigenvalue weighted by Crippen LogP contribution is 2.38. The van der Waals surface area contributed by atoms with Crippen LogP contribution in [0.1, 0.15) is 26.5 Å². The lowest BCUT2D eigenvalue weighted by Crippen LogP contribution is -2.23. The van der Waals surface area contributed by atoms with Crippen molar-refractivity contribution in [3.05, 3.63) is 23.0 Å². The van der Waals surface area contributed by atoms with Gasteiger partial charge in [-0.1, -0.05) is 11.6 Å². The Bertz CT molecular complexity index is 394. The van der Waals surface area contributed by atoms with Gasteiger partial charge in [0.05, 0.1) is 11.4 Å². The number of halogens is 1. The summed E-state index contributed by atoms with van der Waals surface area (Å²) in [6.07, 6.45) is 0. The van der Waals surface area contributed by atoms with Gasteiger partial charge in [0.1, 0.15) is 5.15 Å². The first-order valence-electron chi connectivity index (χ1n) is 4.24. The molecule has 2 nitrogen and oxygen atoms in total. The largest absolute Gasteiger partial charge is 0.255 e. The summed E-state index contributed by atoms with van der Waals surface area (Å²) in [5.74, 6) is 0. The van der Waals surface area contributed by atoms with Gasteiger partial charge in [-0.05, 0) is 32.9 Å². The molecule has 0 atom stereocenters. The van der Waals surface area contributed by atoms with Gasteiger partial charge in [0.25, 0.3) is 0 Å². The minimum Gasteiger partial charge on any atom is -0.255 e. The van der Waals surface area contributed by atoms with E-state index >= 15 is 0 Å². The Morgan fingerprint density at radius 2 is 2.00 bits per heavy atom. The van der Waals surface area contributed by atoms with Crippen molar-refractivity contribution in [2.75, 3.05) is 0 Å². The van der Waals surface area contributed by atoms with Crippen LogP contribution in [-0.4, -0.2) is 10.7 Å². The molecule has 1 aromatic rings. The average molecular weight is 195 g/mol. The zero-order valence-electron chi connectivity index (χ0n) is 7.93. The molecule has 0 N–H and O–H groups in total. The first-order chi connectivity index (χ1) is 6.01. The van der Waals surface area contributed by atoms with E-state index in [0.717, 1.165) is 17.1 Å². The van der Waals surface area contributed by atoms with E-state index in [-0.39, 0.29) is 5.41 Å². The Morgan fingerprint density at radius 1 is 1.31 bits per heavy atom. The minimum atomic E-state index is -0.0692. The van der Waals surface area contributed by atoms with Crippen LogP contribution in [0.25, 0.3) is 0 Å². The smallest absolute Gasteiger partial charge is 0.129 e. The lowest BCUT2D eigenvalue weighted by atomic mass is 9.86. The molecule has 0 unspecified atom stereocenters. The van der Waals surface area contributed by atoms with Crippen molar-refractivity contribution in [3.63, 3.8) is 0 Å². The molecule has 2 heterocycles. The van der Waals surface area contributed by atoms with E-state index in [2.05, 4.69) is 23.8 Å². The van der Waals surface area contributed by atoms with Gasteiger partial charge < -0.3 is 0 Å². The van der Waals surface area contributed by atoms with Gasteiger partial charge in [-0.25, -0.2) is 4.98 Å². The van der Waals surface area contributed by atoms with E-state index in [9.17, 15) is 0 Å². The lowest BCUT2D eigenvalue weighted by Gasteiger charge is -2.18. The molecule has 0 bridgehead atoms. The fraction of sp³-hybridized carbons (Fsp3) is 0.400. The molecule has 1 aliphatic rings. The summed E-state index contributed by atoms with van der Waals surface area (Å²) in [6.45, 7) is 6.25. The second-order valence-corrected chi connectivity index (χ2v) is 4.21. The average Bonchev–Trinajstić information content (AvgIpc) is 2.27. The Balaban J connectivity index is 2.65. The third-order valence-corrected chi connectivity index (χ3v) is 2.84. The maximum absolute atomic E-state index is 5.84. The summed E-state index contributed by atoms with van der Waals surface area (Å²) in [5.41, 5.74) is 2.96. The predicted molar refractivity (Wildman–Crippen MR) is 55.0 cm³/mol. The summed E-state index contributed by atoms with van der Waals surface area (Å²) in [7, 11) is 0. The number of pyridine rings is 1. The van der Waals surface area contributed by atoms with Crippen LogP contribution < -0.4 is 0 Å². The van der Waals surface area contributed by atoms with E-state index in [1.807, 2.05) is 13.0 Å². The van der Waals surface area contributed by atoms with Crippen molar-refractivity contribution in [1.82, 2.24) is 4.98 Å². The molecule has 1 aromatic heterocycles. The maximum Gasteiger partial charge on any atom is 0.129 e. The molecule has 68 valence electrons. The SMILES string of the molecule is CC1=Nc2ccc(Cl)nc2C1(C)C. The van der Waals surface area contributed by atoms with Crippen LogP contribution in [0.5, 0.6) is 0 Å². The molecule has 1 aliphatic heterocycles. The number of rotatable bonds is 0. The molecule has 0 saturated carbocycles. The number of aromatic nitrogens is 1. The van der Waals surface area contributed by atoms with Crippen molar-refractivity contribution < 1.29 is 0 Å². The minimum absolute atomic E-state index is 0.0692. The van der Waals surface area contributed by atoms with Gasteiger partial charge in [-0.2, -0.15) is 0 Å². The van der Waals surface area contributed by atoms with Crippen molar-refractivity contribution in [2.45, 2.75) is 26.2 Å². The molecule has 0 saturated heterocycles.